The lowest BCUT2D eigenvalue weighted by Crippen LogP contribution is -2.37. The third kappa shape index (κ3) is 3.95. The number of amides is 3. The van der Waals surface area contributed by atoms with E-state index in [9.17, 15) is 18.8 Å². The second-order valence-corrected chi connectivity index (χ2v) is 3.69. The highest BCUT2D eigenvalue weighted by Crippen LogP contribution is 2.17. The lowest BCUT2D eigenvalue weighted by atomic mass is 10.1. The number of aryl methyl sites for hydroxylation is 1. The number of nitrogens with one attached hydrogen (secondary N) is 1. The number of esters is 1. The van der Waals surface area contributed by atoms with Crippen LogP contribution in [0.15, 0.2) is 12.1 Å². The fraction of sp³-hybridized carbons (Fsp3) is 0.182. The molecule has 0 spiro atoms. The molecule has 0 atom stereocenters. The molecule has 1 rings (SSSR count). The first kappa shape index (κ1) is 14.4. The largest absolute Gasteiger partial charge is 0.452 e. The minimum atomic E-state index is -1.08. The van der Waals surface area contributed by atoms with Gasteiger partial charge in [0, 0.05) is 5.69 Å². The lowest BCUT2D eigenvalue weighted by molar-refractivity contribution is -0.123. The van der Waals surface area contributed by atoms with Gasteiger partial charge >= 0.3 is 12.0 Å². The van der Waals surface area contributed by atoms with Crippen molar-refractivity contribution in [1.29, 1.82) is 0 Å². The van der Waals surface area contributed by atoms with Gasteiger partial charge in [0.15, 0.2) is 6.61 Å². The number of anilines is 1. The summed E-state index contributed by atoms with van der Waals surface area (Å²) in [6, 6.07) is 1.37. The molecule has 0 unspecified atom stereocenters. The number of nitrogen functional groups attached to an aromatic ring is 1. The molecule has 0 saturated heterocycles. The first-order valence-electron chi connectivity index (χ1n) is 5.13. The molecule has 8 heteroatoms. The Kier molecular flexibility index (Phi) is 4.41. The van der Waals surface area contributed by atoms with Crippen molar-refractivity contribution in [3.63, 3.8) is 0 Å². The highest BCUT2D eigenvalue weighted by atomic mass is 19.1. The zero-order valence-corrected chi connectivity index (χ0v) is 10.0. The predicted octanol–water partition coefficient (Wildman–Crippen LogP) is 0.0680. The van der Waals surface area contributed by atoms with Gasteiger partial charge in [0.1, 0.15) is 5.82 Å². The Bertz CT molecular complexity index is 545. The summed E-state index contributed by atoms with van der Waals surface area (Å²) in [6.45, 7) is 0.678. The number of hydrogen-bond donors (Lipinski definition) is 3. The number of benzene rings is 1. The number of primary amides is 1. The number of nitrogens with two attached hydrogens (primary N) is 2. The number of urea groups is 1. The maximum atomic E-state index is 13.6. The third-order valence-electron chi connectivity index (χ3n) is 2.09. The van der Waals surface area contributed by atoms with E-state index in [0.717, 1.165) is 6.07 Å². The number of carbonyl (C=O) groups is 3. The van der Waals surface area contributed by atoms with Crippen LogP contribution >= 0.6 is 0 Å². The quantitative estimate of drug-likeness (QED) is 0.529. The van der Waals surface area contributed by atoms with Crippen molar-refractivity contribution in [2.45, 2.75) is 6.92 Å². The van der Waals surface area contributed by atoms with Crippen LogP contribution in [0, 0.1) is 12.7 Å². The molecule has 0 bridgehead atoms. The molecule has 5 N–H and O–H groups in total. The van der Waals surface area contributed by atoms with Crippen LogP contribution in [0.1, 0.15) is 15.9 Å². The highest BCUT2D eigenvalue weighted by molar-refractivity contribution is 5.96. The monoisotopic (exact) mass is 269 g/mol. The van der Waals surface area contributed by atoms with E-state index in [4.69, 9.17) is 5.73 Å². The highest BCUT2D eigenvalue weighted by Gasteiger charge is 2.17. The summed E-state index contributed by atoms with van der Waals surface area (Å²) < 4.78 is 18.2. The molecule has 0 aliphatic heterocycles. The molecule has 0 fully saturated rings. The number of imide groups is 1. The molecule has 0 aliphatic carbocycles. The van der Waals surface area contributed by atoms with E-state index in [1.54, 1.807) is 5.32 Å². The summed E-state index contributed by atoms with van der Waals surface area (Å²) in [6.07, 6.45) is 0. The minimum Gasteiger partial charge on any atom is -0.452 e. The molecule has 0 radical (unpaired) electrons. The van der Waals surface area contributed by atoms with E-state index in [0.29, 0.717) is 0 Å². The van der Waals surface area contributed by atoms with Crippen LogP contribution < -0.4 is 16.8 Å². The van der Waals surface area contributed by atoms with Crippen molar-refractivity contribution in [2.24, 2.45) is 5.73 Å². The summed E-state index contributed by atoms with van der Waals surface area (Å²) in [4.78, 5) is 32.9. The summed E-state index contributed by atoms with van der Waals surface area (Å²) in [7, 11) is 0. The Morgan fingerprint density at radius 1 is 1.37 bits per heavy atom. The van der Waals surface area contributed by atoms with Gasteiger partial charge in [-0.1, -0.05) is 0 Å². The summed E-state index contributed by atoms with van der Waals surface area (Å²) in [5.74, 6) is -2.76. The van der Waals surface area contributed by atoms with Gasteiger partial charge in [0.2, 0.25) is 0 Å². The van der Waals surface area contributed by atoms with Crippen molar-refractivity contribution in [1.82, 2.24) is 5.32 Å². The van der Waals surface area contributed by atoms with Gasteiger partial charge in [0.25, 0.3) is 5.91 Å². The second-order valence-electron chi connectivity index (χ2n) is 3.69. The molecule has 0 aromatic heterocycles. The van der Waals surface area contributed by atoms with E-state index < -0.39 is 30.3 Å². The molecule has 0 aliphatic rings. The number of rotatable bonds is 3. The van der Waals surface area contributed by atoms with Crippen molar-refractivity contribution < 1.29 is 23.5 Å². The molecule has 0 heterocycles. The zero-order valence-electron chi connectivity index (χ0n) is 10.0. The van der Waals surface area contributed by atoms with Crippen molar-refractivity contribution in [2.75, 3.05) is 12.3 Å². The van der Waals surface area contributed by atoms with Crippen molar-refractivity contribution in [3.05, 3.63) is 29.1 Å². The van der Waals surface area contributed by atoms with Crippen LogP contribution in [0.4, 0.5) is 14.9 Å². The number of halogens is 1. The van der Waals surface area contributed by atoms with Crippen LogP contribution in [-0.4, -0.2) is 24.5 Å². The Morgan fingerprint density at radius 3 is 2.58 bits per heavy atom. The smallest absolute Gasteiger partial charge is 0.341 e. The van der Waals surface area contributed by atoms with Gasteiger partial charge in [-0.15, -0.1) is 0 Å². The van der Waals surface area contributed by atoms with Crippen LogP contribution in [0.2, 0.25) is 0 Å². The molecule has 102 valence electrons. The maximum absolute atomic E-state index is 13.6. The fourth-order valence-electron chi connectivity index (χ4n) is 1.33. The standard InChI is InChI=1S/C11H12FN3O4/c1-5-2-6(13)3-7(9(5)12)10(17)19-4-8(16)15-11(14)18/h2-3H,4,13H2,1H3,(H3,14,15,16,18). The van der Waals surface area contributed by atoms with Gasteiger partial charge in [-0.3, -0.25) is 10.1 Å². The zero-order chi connectivity index (χ0) is 14.6. The van der Waals surface area contributed by atoms with Crippen molar-refractivity contribution >= 4 is 23.6 Å². The first-order chi connectivity index (χ1) is 8.81. The summed E-state index contributed by atoms with van der Waals surface area (Å²) in [5, 5.41) is 1.69. The summed E-state index contributed by atoms with van der Waals surface area (Å²) >= 11 is 0. The van der Waals surface area contributed by atoms with Crippen LogP contribution in [0.5, 0.6) is 0 Å². The van der Waals surface area contributed by atoms with Gasteiger partial charge < -0.3 is 16.2 Å². The number of ether oxygens (including phenoxy) is 1. The topological polar surface area (TPSA) is 125 Å². The van der Waals surface area contributed by atoms with E-state index in [2.05, 4.69) is 10.5 Å². The molecule has 19 heavy (non-hydrogen) atoms. The molecule has 7 nitrogen and oxygen atoms in total. The Morgan fingerprint density at radius 2 is 2.00 bits per heavy atom. The summed E-state index contributed by atoms with van der Waals surface area (Å²) in [5.41, 5.74) is 10.1. The average molecular weight is 269 g/mol. The second kappa shape index (κ2) is 5.80. The molecule has 3 amide bonds. The van der Waals surface area contributed by atoms with Crippen LogP contribution in [-0.2, 0) is 9.53 Å². The molecule has 0 saturated carbocycles. The first-order valence-corrected chi connectivity index (χ1v) is 5.13. The molecule has 1 aromatic rings. The fourth-order valence-corrected chi connectivity index (χ4v) is 1.33. The van der Waals surface area contributed by atoms with E-state index in [1.165, 1.54) is 13.0 Å². The van der Waals surface area contributed by atoms with E-state index >= 15 is 0 Å². The predicted molar refractivity (Wildman–Crippen MR) is 63.6 cm³/mol. The Balaban J connectivity index is 2.74. The molecular formula is C11H12FN3O4. The van der Waals surface area contributed by atoms with Crippen LogP contribution in [0.25, 0.3) is 0 Å². The van der Waals surface area contributed by atoms with Gasteiger partial charge in [-0.25, -0.2) is 14.0 Å². The number of carbonyl (C=O) groups excluding carboxylic acids is 3. The Hall–Kier alpha value is -2.64. The van der Waals surface area contributed by atoms with Gasteiger partial charge in [-0.05, 0) is 24.6 Å². The van der Waals surface area contributed by atoms with E-state index in [1.807, 2.05) is 0 Å². The lowest BCUT2D eigenvalue weighted by Gasteiger charge is -2.07. The maximum Gasteiger partial charge on any atom is 0.341 e. The van der Waals surface area contributed by atoms with Crippen molar-refractivity contribution in [3.8, 4) is 0 Å². The SMILES string of the molecule is Cc1cc(N)cc(C(=O)OCC(=O)NC(N)=O)c1F. The van der Waals surface area contributed by atoms with Gasteiger partial charge in [-0.2, -0.15) is 0 Å². The Labute approximate surface area is 107 Å². The molecule has 1 aromatic carbocycles. The number of hydrogen-bond acceptors (Lipinski definition) is 5. The van der Waals surface area contributed by atoms with E-state index in [-0.39, 0.29) is 16.8 Å². The van der Waals surface area contributed by atoms with Gasteiger partial charge in [0.05, 0.1) is 5.56 Å². The third-order valence-corrected chi connectivity index (χ3v) is 2.09. The average Bonchev–Trinajstić information content (AvgIpc) is 2.29. The van der Waals surface area contributed by atoms with Crippen LogP contribution in [0.3, 0.4) is 0 Å². The normalized spacial score (nSPS) is 9.79. The molecular weight excluding hydrogens is 257 g/mol. The minimum absolute atomic E-state index is 0.175.